The van der Waals surface area contributed by atoms with Gasteiger partial charge in [-0.3, -0.25) is 0 Å². The number of nitrogens with zero attached hydrogens (tertiary/aromatic N) is 1. The van der Waals surface area contributed by atoms with Gasteiger partial charge < -0.3 is 4.90 Å². The molecule has 18 heavy (non-hydrogen) atoms. The highest BCUT2D eigenvalue weighted by Gasteiger charge is 2.08. The lowest BCUT2D eigenvalue weighted by Gasteiger charge is -2.22. The Labute approximate surface area is 114 Å². The summed E-state index contributed by atoms with van der Waals surface area (Å²) in [7, 11) is 2.07. The molecule has 0 amide bonds. The van der Waals surface area contributed by atoms with E-state index >= 15 is 0 Å². The normalized spacial score (nSPS) is 10.4. The van der Waals surface area contributed by atoms with Crippen molar-refractivity contribution in [1.82, 2.24) is 0 Å². The fourth-order valence-corrected chi connectivity index (χ4v) is 2.27. The summed E-state index contributed by atoms with van der Waals surface area (Å²) in [5, 5.41) is 0. The van der Waals surface area contributed by atoms with Crippen LogP contribution < -0.4 is 4.90 Å². The van der Waals surface area contributed by atoms with Gasteiger partial charge in [0.2, 0.25) is 0 Å². The molecule has 0 atom stereocenters. The third-order valence-corrected chi connectivity index (χ3v) is 3.45. The molecular weight excluding hydrogens is 242 g/mol. The first kappa shape index (κ1) is 13.0. The van der Waals surface area contributed by atoms with E-state index < -0.39 is 0 Å². The van der Waals surface area contributed by atoms with Crippen LogP contribution in [0, 0.1) is 13.8 Å². The summed E-state index contributed by atoms with van der Waals surface area (Å²) in [5.74, 6) is 0.535. The summed E-state index contributed by atoms with van der Waals surface area (Å²) >= 11 is 6.03. The van der Waals surface area contributed by atoms with Crippen LogP contribution in [0.25, 0.3) is 0 Å². The molecular formula is C16H18ClN. The number of hydrogen-bond acceptors (Lipinski definition) is 1. The molecule has 0 spiro atoms. The van der Waals surface area contributed by atoms with Crippen molar-refractivity contribution in [2.75, 3.05) is 11.9 Å². The topological polar surface area (TPSA) is 3.24 Å². The minimum absolute atomic E-state index is 0.535. The van der Waals surface area contributed by atoms with Crippen molar-refractivity contribution in [2.45, 2.75) is 19.7 Å². The fraction of sp³-hybridized carbons (Fsp3) is 0.250. The monoisotopic (exact) mass is 259 g/mol. The van der Waals surface area contributed by atoms with E-state index in [1.165, 1.54) is 28.1 Å². The molecule has 94 valence electrons. The number of aryl methyl sites for hydroxylation is 2. The van der Waals surface area contributed by atoms with Gasteiger partial charge in [0, 0.05) is 24.3 Å². The second-order valence-corrected chi connectivity index (χ2v) is 4.93. The first-order chi connectivity index (χ1) is 8.61. The Morgan fingerprint density at radius 3 is 2.17 bits per heavy atom. The number of alkyl halides is 1. The van der Waals surface area contributed by atoms with Crippen molar-refractivity contribution in [1.29, 1.82) is 0 Å². The average Bonchev–Trinajstić information content (AvgIpc) is 2.38. The van der Waals surface area contributed by atoms with Crippen LogP contribution in [0.4, 0.5) is 11.4 Å². The maximum Gasteiger partial charge on any atom is 0.0494 e. The van der Waals surface area contributed by atoms with Crippen molar-refractivity contribution in [3.05, 3.63) is 59.2 Å². The molecule has 1 nitrogen and oxygen atoms in total. The van der Waals surface area contributed by atoms with Crippen molar-refractivity contribution >= 4 is 23.0 Å². The number of benzene rings is 2. The van der Waals surface area contributed by atoms with Crippen LogP contribution >= 0.6 is 11.6 Å². The SMILES string of the molecule is Cc1ccc(N(C)c2ccc(C)cc2CCl)cc1. The Hall–Kier alpha value is -1.47. The largest absolute Gasteiger partial charge is 0.344 e. The number of hydrogen-bond donors (Lipinski definition) is 0. The lowest BCUT2D eigenvalue weighted by molar-refractivity contribution is 1.17. The van der Waals surface area contributed by atoms with Crippen LogP contribution in [-0.2, 0) is 5.88 Å². The van der Waals surface area contributed by atoms with Gasteiger partial charge in [-0.1, -0.05) is 35.4 Å². The molecule has 0 aliphatic rings. The molecule has 0 N–H and O–H groups in total. The van der Waals surface area contributed by atoms with Gasteiger partial charge in [-0.25, -0.2) is 0 Å². The molecule has 0 saturated carbocycles. The highest BCUT2D eigenvalue weighted by Crippen LogP contribution is 2.29. The van der Waals surface area contributed by atoms with Gasteiger partial charge in [-0.2, -0.15) is 0 Å². The van der Waals surface area contributed by atoms with Crippen molar-refractivity contribution in [3.8, 4) is 0 Å². The van der Waals surface area contributed by atoms with Crippen molar-refractivity contribution < 1.29 is 0 Å². The second-order valence-electron chi connectivity index (χ2n) is 4.66. The summed E-state index contributed by atoms with van der Waals surface area (Å²) in [5.41, 5.74) is 6.02. The Kier molecular flexibility index (Phi) is 3.93. The van der Waals surface area contributed by atoms with Gasteiger partial charge in [0.15, 0.2) is 0 Å². The van der Waals surface area contributed by atoms with Crippen LogP contribution in [-0.4, -0.2) is 7.05 Å². The summed E-state index contributed by atoms with van der Waals surface area (Å²) in [6.07, 6.45) is 0. The first-order valence-electron chi connectivity index (χ1n) is 6.07. The van der Waals surface area contributed by atoms with E-state index in [0.29, 0.717) is 5.88 Å². The zero-order valence-corrected chi connectivity index (χ0v) is 11.8. The Morgan fingerprint density at radius 2 is 1.56 bits per heavy atom. The first-order valence-corrected chi connectivity index (χ1v) is 6.61. The van der Waals surface area contributed by atoms with Crippen LogP contribution in [0.2, 0.25) is 0 Å². The zero-order chi connectivity index (χ0) is 13.1. The molecule has 2 aromatic carbocycles. The van der Waals surface area contributed by atoms with E-state index in [0.717, 1.165) is 0 Å². The maximum absolute atomic E-state index is 6.03. The van der Waals surface area contributed by atoms with Gasteiger partial charge in [0.05, 0.1) is 0 Å². The molecule has 0 bridgehead atoms. The molecule has 2 heteroatoms. The van der Waals surface area contributed by atoms with Gasteiger partial charge in [0.1, 0.15) is 0 Å². The van der Waals surface area contributed by atoms with Gasteiger partial charge in [-0.15, -0.1) is 11.6 Å². The van der Waals surface area contributed by atoms with Crippen molar-refractivity contribution in [3.63, 3.8) is 0 Å². The van der Waals surface area contributed by atoms with Crippen LogP contribution in [0.15, 0.2) is 42.5 Å². The summed E-state index contributed by atoms with van der Waals surface area (Å²) in [6.45, 7) is 4.19. The predicted molar refractivity (Wildman–Crippen MR) is 80.0 cm³/mol. The molecule has 0 unspecified atom stereocenters. The van der Waals surface area contributed by atoms with Gasteiger partial charge in [-0.05, 0) is 37.6 Å². The number of halogens is 1. The molecule has 2 rings (SSSR count). The van der Waals surface area contributed by atoms with E-state index in [1.54, 1.807) is 0 Å². The Bertz CT molecular complexity index is 531. The summed E-state index contributed by atoms with van der Waals surface area (Å²) in [6, 6.07) is 14.9. The predicted octanol–water partition coefficient (Wildman–Crippen LogP) is 4.81. The number of anilines is 2. The van der Waals surface area contributed by atoms with Gasteiger partial charge in [0.25, 0.3) is 0 Å². The average molecular weight is 260 g/mol. The minimum atomic E-state index is 0.535. The molecule has 0 aromatic heterocycles. The zero-order valence-electron chi connectivity index (χ0n) is 11.1. The third kappa shape index (κ3) is 2.68. The minimum Gasteiger partial charge on any atom is -0.344 e. The summed E-state index contributed by atoms with van der Waals surface area (Å²) < 4.78 is 0. The standard InChI is InChI=1S/C16H18ClN/c1-12-4-7-15(8-5-12)18(3)16-9-6-13(2)10-14(16)11-17/h4-10H,11H2,1-3H3. The molecule has 0 heterocycles. The van der Waals surface area contributed by atoms with E-state index in [1.807, 2.05) is 0 Å². The lowest BCUT2D eigenvalue weighted by Crippen LogP contribution is -2.11. The summed E-state index contributed by atoms with van der Waals surface area (Å²) in [4.78, 5) is 2.18. The molecule has 0 radical (unpaired) electrons. The van der Waals surface area contributed by atoms with Gasteiger partial charge >= 0.3 is 0 Å². The van der Waals surface area contributed by atoms with E-state index in [-0.39, 0.29) is 0 Å². The van der Waals surface area contributed by atoms with E-state index in [4.69, 9.17) is 11.6 Å². The maximum atomic E-state index is 6.03. The smallest absolute Gasteiger partial charge is 0.0494 e. The molecule has 0 aliphatic carbocycles. The van der Waals surface area contributed by atoms with Crippen molar-refractivity contribution in [2.24, 2.45) is 0 Å². The second kappa shape index (κ2) is 5.45. The highest BCUT2D eigenvalue weighted by molar-refractivity contribution is 6.17. The molecule has 0 fully saturated rings. The lowest BCUT2D eigenvalue weighted by atomic mass is 10.1. The quantitative estimate of drug-likeness (QED) is 0.715. The van der Waals surface area contributed by atoms with Crippen LogP contribution in [0.3, 0.4) is 0 Å². The molecule has 2 aromatic rings. The Morgan fingerprint density at radius 1 is 0.944 bits per heavy atom. The van der Waals surface area contributed by atoms with Crippen LogP contribution in [0.1, 0.15) is 16.7 Å². The van der Waals surface area contributed by atoms with Crippen LogP contribution in [0.5, 0.6) is 0 Å². The third-order valence-electron chi connectivity index (χ3n) is 3.16. The highest BCUT2D eigenvalue weighted by atomic mass is 35.5. The fourth-order valence-electron chi connectivity index (χ4n) is 2.06. The van der Waals surface area contributed by atoms with E-state index in [9.17, 15) is 0 Å². The number of rotatable bonds is 3. The molecule has 0 saturated heterocycles. The van der Waals surface area contributed by atoms with E-state index in [2.05, 4.69) is 68.3 Å². The Balaban J connectivity index is 2.39. The molecule has 0 aliphatic heterocycles.